The maximum absolute atomic E-state index is 11.7. The maximum Gasteiger partial charge on any atom is 0.326 e. The molecule has 0 spiro atoms. The summed E-state index contributed by atoms with van der Waals surface area (Å²) in [6.07, 6.45) is 1.15. The van der Waals surface area contributed by atoms with E-state index >= 15 is 0 Å². The van der Waals surface area contributed by atoms with Gasteiger partial charge in [-0.25, -0.2) is 4.79 Å². The molecular weight excluding hydrogens is 294 g/mol. The summed E-state index contributed by atoms with van der Waals surface area (Å²) in [5.41, 5.74) is 0. The summed E-state index contributed by atoms with van der Waals surface area (Å²) in [7, 11) is 0. The molecule has 6 heteroatoms. The van der Waals surface area contributed by atoms with Gasteiger partial charge in [0, 0.05) is 9.85 Å². The smallest absolute Gasteiger partial charge is 0.326 e. The van der Waals surface area contributed by atoms with Crippen molar-refractivity contribution in [2.24, 2.45) is 0 Å². The molecule has 0 aliphatic rings. The van der Waals surface area contributed by atoms with Gasteiger partial charge < -0.3 is 10.4 Å². The van der Waals surface area contributed by atoms with E-state index in [1.807, 2.05) is 6.92 Å². The summed E-state index contributed by atoms with van der Waals surface area (Å²) in [6.45, 7) is 1.88. The first-order valence-electron chi connectivity index (χ1n) is 4.82. The second kappa shape index (κ2) is 6.00. The zero-order valence-electron chi connectivity index (χ0n) is 8.70. The quantitative estimate of drug-likeness (QED) is 0.878. The van der Waals surface area contributed by atoms with Gasteiger partial charge in [-0.05, 0) is 28.4 Å². The van der Waals surface area contributed by atoms with Crippen molar-refractivity contribution in [3.05, 3.63) is 20.8 Å². The highest BCUT2D eigenvalue weighted by molar-refractivity contribution is 9.10. The van der Waals surface area contributed by atoms with Crippen molar-refractivity contribution >= 4 is 39.1 Å². The number of carbonyl (C=O) groups excluding carboxylic acids is 1. The van der Waals surface area contributed by atoms with Gasteiger partial charge in [0.25, 0.3) is 5.91 Å². The summed E-state index contributed by atoms with van der Waals surface area (Å²) in [5.74, 6) is -1.33. The van der Waals surface area contributed by atoms with Gasteiger partial charge >= 0.3 is 5.97 Å². The lowest BCUT2D eigenvalue weighted by atomic mass is 10.1. The van der Waals surface area contributed by atoms with Gasteiger partial charge in [0.1, 0.15) is 6.04 Å². The van der Waals surface area contributed by atoms with Crippen LogP contribution in [0.1, 0.15) is 29.4 Å². The number of aliphatic carboxylic acids is 1. The molecule has 88 valence electrons. The third-order valence-electron chi connectivity index (χ3n) is 1.97. The molecule has 16 heavy (non-hydrogen) atoms. The van der Waals surface area contributed by atoms with Crippen LogP contribution in [0.5, 0.6) is 0 Å². The molecule has 0 aliphatic heterocycles. The fraction of sp³-hybridized carbons (Fsp3) is 0.400. The Labute approximate surface area is 106 Å². The number of carboxylic acid groups (broad SMARTS) is 1. The topological polar surface area (TPSA) is 66.4 Å². The molecule has 1 amide bonds. The van der Waals surface area contributed by atoms with E-state index in [9.17, 15) is 9.59 Å². The molecular formula is C10H12BrNO3S. The second-order valence-electron chi connectivity index (χ2n) is 3.28. The molecule has 0 radical (unpaired) electrons. The summed E-state index contributed by atoms with van der Waals surface area (Å²) in [6, 6.07) is 0.864. The second-order valence-corrected chi connectivity index (χ2v) is 5.11. The first-order chi connectivity index (χ1) is 7.54. The molecule has 0 saturated heterocycles. The number of hydrogen-bond acceptors (Lipinski definition) is 3. The van der Waals surface area contributed by atoms with Crippen molar-refractivity contribution < 1.29 is 14.7 Å². The van der Waals surface area contributed by atoms with E-state index in [1.165, 1.54) is 11.3 Å². The van der Waals surface area contributed by atoms with Gasteiger partial charge in [0.2, 0.25) is 0 Å². The fourth-order valence-corrected chi connectivity index (χ4v) is 2.54. The van der Waals surface area contributed by atoms with Gasteiger partial charge in [-0.1, -0.05) is 13.3 Å². The zero-order chi connectivity index (χ0) is 12.1. The molecule has 1 heterocycles. The Morgan fingerprint density at radius 1 is 1.62 bits per heavy atom. The molecule has 4 nitrogen and oxygen atoms in total. The average molecular weight is 306 g/mol. The molecule has 0 bridgehead atoms. The van der Waals surface area contributed by atoms with Crippen molar-refractivity contribution in [2.45, 2.75) is 25.8 Å². The molecule has 1 atom stereocenters. The summed E-state index contributed by atoms with van der Waals surface area (Å²) in [5, 5.41) is 13.2. The number of thiophene rings is 1. The van der Waals surface area contributed by atoms with Gasteiger partial charge in [0.15, 0.2) is 0 Å². The van der Waals surface area contributed by atoms with Crippen LogP contribution in [0, 0.1) is 0 Å². The number of carbonyl (C=O) groups is 2. The average Bonchev–Trinajstić information content (AvgIpc) is 2.64. The summed E-state index contributed by atoms with van der Waals surface area (Å²) < 4.78 is 0.824. The minimum atomic E-state index is -0.995. The Kier molecular flexibility index (Phi) is 4.95. The van der Waals surface area contributed by atoms with Crippen LogP contribution in [0.3, 0.4) is 0 Å². The van der Waals surface area contributed by atoms with Crippen LogP contribution in [-0.2, 0) is 4.79 Å². The van der Waals surface area contributed by atoms with Crippen molar-refractivity contribution in [2.75, 3.05) is 0 Å². The standard InChI is InChI=1S/C10H12BrNO3S/c1-2-3-7(10(14)15)12-9(13)8-4-6(11)5-16-8/h4-5,7H,2-3H2,1H3,(H,12,13)(H,14,15). The normalized spacial score (nSPS) is 12.1. The van der Waals surface area contributed by atoms with Crippen molar-refractivity contribution in [3.63, 3.8) is 0 Å². The molecule has 1 aromatic rings. The van der Waals surface area contributed by atoms with Crippen LogP contribution in [0.2, 0.25) is 0 Å². The van der Waals surface area contributed by atoms with E-state index in [0.717, 1.165) is 4.47 Å². The number of carboxylic acids is 1. The molecule has 1 aromatic heterocycles. The number of hydrogen-bond donors (Lipinski definition) is 2. The number of rotatable bonds is 5. The number of nitrogens with one attached hydrogen (secondary N) is 1. The Hall–Kier alpha value is -0.880. The van der Waals surface area contributed by atoms with Crippen LogP contribution in [0.25, 0.3) is 0 Å². The first-order valence-corrected chi connectivity index (χ1v) is 6.49. The zero-order valence-corrected chi connectivity index (χ0v) is 11.1. The van der Waals surface area contributed by atoms with E-state index in [0.29, 0.717) is 17.7 Å². The van der Waals surface area contributed by atoms with Crippen LogP contribution in [-0.4, -0.2) is 23.0 Å². The van der Waals surface area contributed by atoms with Gasteiger partial charge in [0.05, 0.1) is 4.88 Å². The summed E-state index contributed by atoms with van der Waals surface area (Å²) in [4.78, 5) is 23.0. The molecule has 1 rings (SSSR count). The third-order valence-corrected chi connectivity index (χ3v) is 3.66. The Balaban J connectivity index is 2.65. The lowest BCUT2D eigenvalue weighted by molar-refractivity contribution is -0.139. The highest BCUT2D eigenvalue weighted by atomic mass is 79.9. The van der Waals surface area contributed by atoms with E-state index in [2.05, 4.69) is 21.2 Å². The highest BCUT2D eigenvalue weighted by Gasteiger charge is 2.20. The monoisotopic (exact) mass is 305 g/mol. The Morgan fingerprint density at radius 2 is 2.31 bits per heavy atom. The molecule has 0 aromatic carbocycles. The molecule has 2 N–H and O–H groups in total. The van der Waals surface area contributed by atoms with Crippen molar-refractivity contribution in [3.8, 4) is 0 Å². The molecule has 1 unspecified atom stereocenters. The van der Waals surface area contributed by atoms with Crippen molar-refractivity contribution in [1.82, 2.24) is 5.32 Å². The third kappa shape index (κ3) is 3.61. The molecule has 0 aliphatic carbocycles. The van der Waals surface area contributed by atoms with Gasteiger partial charge in [-0.3, -0.25) is 4.79 Å². The molecule has 0 fully saturated rings. The van der Waals surface area contributed by atoms with E-state index in [1.54, 1.807) is 11.4 Å². The lowest BCUT2D eigenvalue weighted by Gasteiger charge is -2.12. The minimum absolute atomic E-state index is 0.337. The van der Waals surface area contributed by atoms with Gasteiger partial charge in [-0.15, -0.1) is 11.3 Å². The van der Waals surface area contributed by atoms with Gasteiger partial charge in [-0.2, -0.15) is 0 Å². The van der Waals surface area contributed by atoms with E-state index in [4.69, 9.17) is 5.11 Å². The highest BCUT2D eigenvalue weighted by Crippen LogP contribution is 2.19. The maximum atomic E-state index is 11.7. The van der Waals surface area contributed by atoms with Crippen molar-refractivity contribution in [1.29, 1.82) is 0 Å². The number of halogens is 1. The van der Waals surface area contributed by atoms with Crippen LogP contribution < -0.4 is 5.32 Å². The van der Waals surface area contributed by atoms with E-state index < -0.39 is 12.0 Å². The van der Waals surface area contributed by atoms with E-state index in [-0.39, 0.29) is 5.91 Å². The fourth-order valence-electron chi connectivity index (χ4n) is 1.21. The SMILES string of the molecule is CCCC(NC(=O)c1cc(Br)cs1)C(=O)O. The van der Waals surface area contributed by atoms with Crippen LogP contribution in [0.4, 0.5) is 0 Å². The Morgan fingerprint density at radius 3 is 2.75 bits per heavy atom. The molecule has 0 saturated carbocycles. The minimum Gasteiger partial charge on any atom is -0.480 e. The largest absolute Gasteiger partial charge is 0.480 e. The lowest BCUT2D eigenvalue weighted by Crippen LogP contribution is -2.40. The van der Waals surface area contributed by atoms with Crippen LogP contribution in [0.15, 0.2) is 15.9 Å². The predicted octanol–water partition coefficient (Wildman–Crippen LogP) is 2.49. The summed E-state index contributed by atoms with van der Waals surface area (Å²) >= 11 is 4.52. The Bertz CT molecular complexity index is 391. The first kappa shape index (κ1) is 13.2. The predicted molar refractivity (Wildman–Crippen MR) is 65.8 cm³/mol. The van der Waals surface area contributed by atoms with Crippen LogP contribution >= 0.6 is 27.3 Å². The number of amides is 1.